The summed E-state index contributed by atoms with van der Waals surface area (Å²) in [4.78, 5) is 0. The first kappa shape index (κ1) is 10.2. The third-order valence-corrected chi connectivity index (χ3v) is 2.23. The molecule has 2 nitrogen and oxygen atoms in total. The maximum absolute atomic E-state index is 9.60. The predicted molar refractivity (Wildman–Crippen MR) is 52.2 cm³/mol. The van der Waals surface area contributed by atoms with Crippen LogP contribution in [0.25, 0.3) is 0 Å². The van der Waals surface area contributed by atoms with E-state index < -0.39 is 5.79 Å². The Bertz CT molecular complexity index is 252. The molecule has 0 saturated heterocycles. The van der Waals surface area contributed by atoms with E-state index in [1.165, 1.54) is 0 Å². The molecule has 0 aliphatic heterocycles. The van der Waals surface area contributed by atoms with Gasteiger partial charge in [-0.1, -0.05) is 44.2 Å². The van der Waals surface area contributed by atoms with Crippen LogP contribution in [0.3, 0.4) is 0 Å². The van der Waals surface area contributed by atoms with Gasteiger partial charge in [0.05, 0.1) is 0 Å². The summed E-state index contributed by atoms with van der Waals surface area (Å²) >= 11 is 0. The normalized spacial score (nSPS) is 12.1. The van der Waals surface area contributed by atoms with Crippen LogP contribution in [-0.4, -0.2) is 16.0 Å². The molecule has 0 atom stereocenters. The van der Waals surface area contributed by atoms with Crippen molar-refractivity contribution in [3.63, 3.8) is 0 Å². The fourth-order valence-corrected chi connectivity index (χ4v) is 1.10. The summed E-state index contributed by atoms with van der Waals surface area (Å²) in [5, 5.41) is 19.2. The lowest BCUT2D eigenvalue weighted by atomic mass is 9.95. The molecule has 2 N–H and O–H groups in total. The average Bonchev–Trinajstić information content (AvgIpc) is 2.05. The van der Waals surface area contributed by atoms with Crippen molar-refractivity contribution in [2.24, 2.45) is 5.92 Å². The average molecular weight is 180 g/mol. The second kappa shape index (κ2) is 3.90. The second-order valence-electron chi connectivity index (χ2n) is 3.70. The zero-order valence-electron chi connectivity index (χ0n) is 8.07. The van der Waals surface area contributed by atoms with Gasteiger partial charge in [-0.05, 0) is 5.56 Å². The summed E-state index contributed by atoms with van der Waals surface area (Å²) in [6.07, 6.45) is 0.283. The van der Waals surface area contributed by atoms with Crippen LogP contribution < -0.4 is 0 Å². The highest BCUT2D eigenvalue weighted by atomic mass is 16.5. The molecule has 0 bridgehead atoms. The van der Waals surface area contributed by atoms with Crippen LogP contribution in [0.2, 0.25) is 0 Å². The Labute approximate surface area is 78.8 Å². The van der Waals surface area contributed by atoms with E-state index in [9.17, 15) is 10.2 Å². The van der Waals surface area contributed by atoms with Crippen molar-refractivity contribution >= 4 is 0 Å². The Morgan fingerprint density at radius 1 is 1.15 bits per heavy atom. The lowest BCUT2D eigenvalue weighted by Gasteiger charge is -2.25. The Kier molecular flexibility index (Phi) is 3.07. The molecule has 1 aromatic rings. The lowest BCUT2D eigenvalue weighted by molar-refractivity contribution is -0.190. The second-order valence-corrected chi connectivity index (χ2v) is 3.70. The Hall–Kier alpha value is -0.860. The van der Waals surface area contributed by atoms with Gasteiger partial charge in [0.1, 0.15) is 0 Å². The smallest absolute Gasteiger partial charge is 0.168 e. The maximum Gasteiger partial charge on any atom is 0.168 e. The minimum atomic E-state index is -1.60. The molecule has 2 heteroatoms. The first-order chi connectivity index (χ1) is 6.02. The largest absolute Gasteiger partial charge is 0.365 e. The minimum absolute atomic E-state index is 0.160. The molecule has 0 fully saturated rings. The molecule has 72 valence electrons. The molecule has 0 saturated carbocycles. The maximum atomic E-state index is 9.60. The summed E-state index contributed by atoms with van der Waals surface area (Å²) < 4.78 is 0. The van der Waals surface area contributed by atoms with Gasteiger partial charge >= 0.3 is 0 Å². The summed E-state index contributed by atoms with van der Waals surface area (Å²) in [6.45, 7) is 3.59. The summed E-state index contributed by atoms with van der Waals surface area (Å²) in [7, 11) is 0. The van der Waals surface area contributed by atoms with E-state index in [0.29, 0.717) is 0 Å². The van der Waals surface area contributed by atoms with Crippen LogP contribution in [0.5, 0.6) is 0 Å². The van der Waals surface area contributed by atoms with E-state index in [0.717, 1.165) is 5.56 Å². The van der Waals surface area contributed by atoms with Crippen molar-refractivity contribution in [1.82, 2.24) is 0 Å². The highest BCUT2D eigenvalue weighted by molar-refractivity contribution is 5.16. The lowest BCUT2D eigenvalue weighted by Crippen LogP contribution is -2.36. The van der Waals surface area contributed by atoms with Crippen LogP contribution in [0, 0.1) is 5.92 Å². The van der Waals surface area contributed by atoms with E-state index in [-0.39, 0.29) is 12.3 Å². The van der Waals surface area contributed by atoms with Crippen LogP contribution in [0.4, 0.5) is 0 Å². The fourth-order valence-electron chi connectivity index (χ4n) is 1.10. The molecular formula is C11H16O2. The highest BCUT2D eigenvalue weighted by Crippen LogP contribution is 2.18. The molecule has 1 aromatic carbocycles. The van der Waals surface area contributed by atoms with Crippen molar-refractivity contribution in [3.05, 3.63) is 35.9 Å². The van der Waals surface area contributed by atoms with Crippen molar-refractivity contribution in [2.75, 3.05) is 0 Å². The van der Waals surface area contributed by atoms with Gasteiger partial charge in [0, 0.05) is 12.3 Å². The molecule has 1 rings (SSSR count). The van der Waals surface area contributed by atoms with Gasteiger partial charge < -0.3 is 10.2 Å². The molecule has 0 spiro atoms. The number of hydrogen-bond donors (Lipinski definition) is 2. The van der Waals surface area contributed by atoms with Crippen LogP contribution in [0.15, 0.2) is 30.3 Å². The van der Waals surface area contributed by atoms with Gasteiger partial charge in [0.15, 0.2) is 5.79 Å². The third kappa shape index (κ3) is 2.83. The van der Waals surface area contributed by atoms with Gasteiger partial charge in [-0.15, -0.1) is 0 Å². The van der Waals surface area contributed by atoms with Crippen LogP contribution >= 0.6 is 0 Å². The van der Waals surface area contributed by atoms with Gasteiger partial charge in [-0.3, -0.25) is 0 Å². The van der Waals surface area contributed by atoms with E-state index in [4.69, 9.17) is 0 Å². The topological polar surface area (TPSA) is 40.5 Å². The Morgan fingerprint density at radius 2 is 1.69 bits per heavy atom. The quantitative estimate of drug-likeness (QED) is 0.693. The highest BCUT2D eigenvalue weighted by Gasteiger charge is 2.27. The summed E-state index contributed by atoms with van der Waals surface area (Å²) in [6, 6.07) is 9.49. The standard InChI is InChI=1S/C11H16O2/c1-9(2)11(12,13)8-10-6-4-3-5-7-10/h3-7,9,12-13H,8H2,1-2H3. The predicted octanol–water partition coefficient (Wildman–Crippen LogP) is 1.57. The number of hydrogen-bond acceptors (Lipinski definition) is 2. The van der Waals surface area contributed by atoms with E-state index in [1.54, 1.807) is 13.8 Å². The van der Waals surface area contributed by atoms with Crippen molar-refractivity contribution in [3.8, 4) is 0 Å². The SMILES string of the molecule is CC(C)C(O)(O)Cc1ccccc1. The van der Waals surface area contributed by atoms with Gasteiger partial charge in [0.2, 0.25) is 0 Å². The van der Waals surface area contributed by atoms with E-state index >= 15 is 0 Å². The molecule has 0 aliphatic carbocycles. The number of rotatable bonds is 3. The van der Waals surface area contributed by atoms with Crippen molar-refractivity contribution in [1.29, 1.82) is 0 Å². The molecule has 13 heavy (non-hydrogen) atoms. The number of aliphatic hydroxyl groups is 2. The van der Waals surface area contributed by atoms with Gasteiger partial charge in [0.25, 0.3) is 0 Å². The monoisotopic (exact) mass is 180 g/mol. The summed E-state index contributed by atoms with van der Waals surface area (Å²) in [5.41, 5.74) is 0.946. The van der Waals surface area contributed by atoms with E-state index in [2.05, 4.69) is 0 Å². The van der Waals surface area contributed by atoms with Gasteiger partial charge in [-0.2, -0.15) is 0 Å². The Morgan fingerprint density at radius 3 is 2.15 bits per heavy atom. The zero-order valence-corrected chi connectivity index (χ0v) is 8.07. The van der Waals surface area contributed by atoms with E-state index in [1.807, 2.05) is 30.3 Å². The molecule has 0 heterocycles. The third-order valence-electron chi connectivity index (χ3n) is 2.23. The fraction of sp³-hybridized carbons (Fsp3) is 0.455. The number of benzene rings is 1. The van der Waals surface area contributed by atoms with Crippen LogP contribution in [0.1, 0.15) is 19.4 Å². The van der Waals surface area contributed by atoms with Crippen LogP contribution in [-0.2, 0) is 6.42 Å². The summed E-state index contributed by atoms with van der Waals surface area (Å²) in [5.74, 6) is -1.76. The Balaban J connectivity index is 2.69. The molecule has 0 amide bonds. The van der Waals surface area contributed by atoms with Crippen molar-refractivity contribution < 1.29 is 10.2 Å². The zero-order chi connectivity index (χ0) is 9.90. The van der Waals surface area contributed by atoms with Gasteiger partial charge in [-0.25, -0.2) is 0 Å². The molecule has 0 aliphatic rings. The minimum Gasteiger partial charge on any atom is -0.365 e. The first-order valence-corrected chi connectivity index (χ1v) is 4.51. The molecule has 0 radical (unpaired) electrons. The first-order valence-electron chi connectivity index (χ1n) is 4.51. The van der Waals surface area contributed by atoms with Crippen molar-refractivity contribution in [2.45, 2.75) is 26.1 Å². The molecule has 0 unspecified atom stereocenters. The molecular weight excluding hydrogens is 164 g/mol. The molecule has 0 aromatic heterocycles.